The Morgan fingerprint density at radius 1 is 1.00 bits per heavy atom. The van der Waals surface area contributed by atoms with E-state index in [1.54, 1.807) is 12.1 Å². The molecule has 0 unspecified atom stereocenters. The van der Waals surface area contributed by atoms with Crippen molar-refractivity contribution < 1.29 is 23.8 Å². The SMILES string of the molecule is COc1cc([C@H]2NC(=O)NC3=C2C(=O)CCC3)cc(OC)c1OC. The summed E-state index contributed by atoms with van der Waals surface area (Å²) in [5, 5.41) is 5.57. The van der Waals surface area contributed by atoms with Crippen LogP contribution in [0, 0.1) is 0 Å². The summed E-state index contributed by atoms with van der Waals surface area (Å²) < 4.78 is 16.1. The van der Waals surface area contributed by atoms with Gasteiger partial charge in [0.05, 0.1) is 27.4 Å². The average molecular weight is 332 g/mol. The maximum atomic E-state index is 12.4. The molecular weight excluding hydrogens is 312 g/mol. The quantitative estimate of drug-likeness (QED) is 0.881. The Morgan fingerprint density at radius 2 is 1.67 bits per heavy atom. The normalized spacial score (nSPS) is 20.0. The zero-order valence-electron chi connectivity index (χ0n) is 13.9. The van der Waals surface area contributed by atoms with Gasteiger partial charge < -0.3 is 24.8 Å². The number of carbonyl (C=O) groups excluding carboxylic acids is 2. The van der Waals surface area contributed by atoms with E-state index in [0.29, 0.717) is 46.9 Å². The summed E-state index contributed by atoms with van der Waals surface area (Å²) in [5.74, 6) is 1.46. The molecule has 0 fully saturated rings. The minimum absolute atomic E-state index is 0.0440. The number of carbonyl (C=O) groups is 2. The zero-order chi connectivity index (χ0) is 17.3. The second kappa shape index (κ2) is 6.43. The monoisotopic (exact) mass is 332 g/mol. The topological polar surface area (TPSA) is 85.9 Å². The Bertz CT molecular complexity index is 701. The lowest BCUT2D eigenvalue weighted by atomic mass is 9.85. The smallest absolute Gasteiger partial charge is 0.319 e. The molecule has 1 aliphatic heterocycles. The van der Waals surface area contributed by atoms with Crippen molar-refractivity contribution in [2.24, 2.45) is 0 Å². The number of rotatable bonds is 4. The van der Waals surface area contributed by atoms with Crippen LogP contribution in [0.2, 0.25) is 0 Å². The Labute approximate surface area is 140 Å². The molecule has 0 spiro atoms. The molecule has 0 saturated heterocycles. The number of nitrogens with one attached hydrogen (secondary N) is 2. The Hall–Kier alpha value is -2.70. The molecule has 1 aromatic carbocycles. The molecule has 1 aliphatic carbocycles. The molecule has 0 aromatic heterocycles. The van der Waals surface area contributed by atoms with Gasteiger partial charge in [0.25, 0.3) is 0 Å². The van der Waals surface area contributed by atoms with E-state index < -0.39 is 6.04 Å². The van der Waals surface area contributed by atoms with Crippen LogP contribution in [-0.2, 0) is 4.79 Å². The van der Waals surface area contributed by atoms with Crippen molar-refractivity contribution in [2.75, 3.05) is 21.3 Å². The molecule has 1 heterocycles. The Balaban J connectivity index is 2.13. The molecule has 0 bridgehead atoms. The lowest BCUT2D eigenvalue weighted by Gasteiger charge is -2.32. The van der Waals surface area contributed by atoms with Gasteiger partial charge in [-0.2, -0.15) is 0 Å². The number of hydrogen-bond acceptors (Lipinski definition) is 5. The molecule has 1 aromatic rings. The number of ether oxygens (including phenoxy) is 3. The van der Waals surface area contributed by atoms with Crippen LogP contribution in [0.5, 0.6) is 17.2 Å². The van der Waals surface area contributed by atoms with Crippen LogP contribution in [0.1, 0.15) is 30.9 Å². The fraction of sp³-hybridized carbons (Fsp3) is 0.412. The van der Waals surface area contributed by atoms with Gasteiger partial charge in [-0.3, -0.25) is 4.79 Å². The van der Waals surface area contributed by atoms with Gasteiger partial charge in [0.1, 0.15) is 0 Å². The number of ketones is 1. The first-order chi connectivity index (χ1) is 11.6. The molecule has 24 heavy (non-hydrogen) atoms. The molecule has 0 radical (unpaired) electrons. The van der Waals surface area contributed by atoms with E-state index in [2.05, 4.69) is 10.6 Å². The predicted octanol–water partition coefficient (Wildman–Crippen LogP) is 2.07. The Morgan fingerprint density at radius 3 is 2.25 bits per heavy atom. The van der Waals surface area contributed by atoms with Crippen molar-refractivity contribution in [3.05, 3.63) is 29.0 Å². The minimum atomic E-state index is -0.532. The lowest BCUT2D eigenvalue weighted by Crippen LogP contribution is -2.46. The first-order valence-electron chi connectivity index (χ1n) is 7.72. The van der Waals surface area contributed by atoms with Crippen molar-refractivity contribution in [1.82, 2.24) is 10.6 Å². The summed E-state index contributed by atoms with van der Waals surface area (Å²) in [4.78, 5) is 24.4. The van der Waals surface area contributed by atoms with E-state index in [9.17, 15) is 9.59 Å². The van der Waals surface area contributed by atoms with Gasteiger partial charge in [0, 0.05) is 17.7 Å². The summed E-state index contributed by atoms with van der Waals surface area (Å²) >= 11 is 0. The first kappa shape index (κ1) is 16.2. The van der Waals surface area contributed by atoms with Gasteiger partial charge in [0.2, 0.25) is 5.75 Å². The van der Waals surface area contributed by atoms with Crippen molar-refractivity contribution in [2.45, 2.75) is 25.3 Å². The number of benzene rings is 1. The highest BCUT2D eigenvalue weighted by Crippen LogP contribution is 2.42. The van der Waals surface area contributed by atoms with Crippen LogP contribution in [-0.4, -0.2) is 33.1 Å². The maximum absolute atomic E-state index is 12.4. The third kappa shape index (κ3) is 2.66. The highest BCUT2D eigenvalue weighted by atomic mass is 16.5. The van der Waals surface area contributed by atoms with Crippen LogP contribution < -0.4 is 24.8 Å². The number of urea groups is 1. The highest BCUT2D eigenvalue weighted by Gasteiger charge is 2.35. The summed E-state index contributed by atoms with van der Waals surface area (Å²) in [6, 6.07) is 2.66. The molecule has 128 valence electrons. The van der Waals surface area contributed by atoms with Crippen LogP contribution in [0.4, 0.5) is 4.79 Å². The van der Waals surface area contributed by atoms with Gasteiger partial charge in [-0.05, 0) is 30.5 Å². The molecule has 7 heteroatoms. The molecular formula is C17H20N2O5. The largest absolute Gasteiger partial charge is 0.493 e. The first-order valence-corrected chi connectivity index (χ1v) is 7.72. The third-order valence-corrected chi connectivity index (χ3v) is 4.31. The lowest BCUT2D eigenvalue weighted by molar-refractivity contribution is -0.116. The minimum Gasteiger partial charge on any atom is -0.493 e. The van der Waals surface area contributed by atoms with Crippen molar-refractivity contribution in [3.8, 4) is 17.2 Å². The average Bonchev–Trinajstić information content (AvgIpc) is 2.59. The molecule has 2 amide bonds. The summed E-state index contributed by atoms with van der Waals surface area (Å²) in [7, 11) is 4.58. The maximum Gasteiger partial charge on any atom is 0.319 e. The van der Waals surface area contributed by atoms with Crippen molar-refractivity contribution >= 4 is 11.8 Å². The van der Waals surface area contributed by atoms with Gasteiger partial charge in [-0.15, -0.1) is 0 Å². The van der Waals surface area contributed by atoms with E-state index in [1.165, 1.54) is 21.3 Å². The number of methoxy groups -OCH3 is 3. The van der Waals surface area contributed by atoms with E-state index in [0.717, 1.165) is 6.42 Å². The number of allylic oxidation sites excluding steroid dienone is 1. The third-order valence-electron chi connectivity index (χ3n) is 4.31. The summed E-state index contributed by atoms with van der Waals surface area (Å²) in [5.41, 5.74) is 2.02. The van der Waals surface area contributed by atoms with Crippen LogP contribution in [0.25, 0.3) is 0 Å². The molecule has 0 saturated carbocycles. The number of hydrogen-bond donors (Lipinski definition) is 2. The fourth-order valence-corrected chi connectivity index (χ4v) is 3.22. The van der Waals surface area contributed by atoms with E-state index >= 15 is 0 Å². The van der Waals surface area contributed by atoms with Crippen LogP contribution >= 0.6 is 0 Å². The van der Waals surface area contributed by atoms with Crippen molar-refractivity contribution in [1.29, 1.82) is 0 Å². The molecule has 3 rings (SSSR count). The fourth-order valence-electron chi connectivity index (χ4n) is 3.22. The van der Waals surface area contributed by atoms with E-state index in [4.69, 9.17) is 14.2 Å². The predicted molar refractivity (Wildman–Crippen MR) is 86.4 cm³/mol. The van der Waals surface area contributed by atoms with E-state index in [1.807, 2.05) is 0 Å². The summed E-state index contributed by atoms with van der Waals surface area (Å²) in [6.45, 7) is 0. The van der Waals surface area contributed by atoms with Gasteiger partial charge in [0.15, 0.2) is 17.3 Å². The van der Waals surface area contributed by atoms with Gasteiger partial charge in [-0.25, -0.2) is 4.79 Å². The van der Waals surface area contributed by atoms with Crippen molar-refractivity contribution in [3.63, 3.8) is 0 Å². The molecule has 7 nitrogen and oxygen atoms in total. The molecule has 2 N–H and O–H groups in total. The van der Waals surface area contributed by atoms with Gasteiger partial charge >= 0.3 is 6.03 Å². The number of Topliss-reactive ketones (excluding diaryl/α,β-unsaturated/α-hetero) is 1. The molecule has 1 atom stereocenters. The standard InChI is InChI=1S/C17H20N2O5/c1-22-12-7-9(8-13(23-2)16(12)24-3)15-14-10(18-17(21)19-15)5-4-6-11(14)20/h7-8,15H,4-6H2,1-3H3,(H2,18,19,21)/t15-/m1/s1. The highest BCUT2D eigenvalue weighted by molar-refractivity contribution is 6.01. The molecule has 2 aliphatic rings. The van der Waals surface area contributed by atoms with Gasteiger partial charge in [-0.1, -0.05) is 0 Å². The second-order valence-corrected chi connectivity index (χ2v) is 5.66. The van der Waals surface area contributed by atoms with E-state index in [-0.39, 0.29) is 11.8 Å². The second-order valence-electron chi connectivity index (χ2n) is 5.66. The van der Waals surface area contributed by atoms with Crippen LogP contribution in [0.3, 0.4) is 0 Å². The zero-order valence-corrected chi connectivity index (χ0v) is 13.9. The Kier molecular flexibility index (Phi) is 4.33. The van der Waals surface area contributed by atoms with Crippen LogP contribution in [0.15, 0.2) is 23.4 Å². The summed E-state index contributed by atoms with van der Waals surface area (Å²) in [6.07, 6.45) is 1.92. The number of amides is 2.